The number of allylic oxidation sites excluding steroid dienone is 1. The summed E-state index contributed by atoms with van der Waals surface area (Å²) in [7, 11) is -3.81. The van der Waals surface area contributed by atoms with Gasteiger partial charge in [-0.15, -0.1) is 6.58 Å². The van der Waals surface area contributed by atoms with Crippen LogP contribution in [0.2, 0.25) is 0 Å². The van der Waals surface area contributed by atoms with Crippen LogP contribution in [0.25, 0.3) is 10.2 Å². The average Bonchev–Trinajstić information content (AvgIpc) is 3.19. The fourth-order valence-corrected chi connectivity index (χ4v) is 4.22. The lowest BCUT2D eigenvalue weighted by Crippen LogP contribution is -2.17. The van der Waals surface area contributed by atoms with Crippen LogP contribution in [0.4, 0.5) is 0 Å². The Morgan fingerprint density at radius 1 is 1.42 bits per heavy atom. The van der Waals surface area contributed by atoms with Gasteiger partial charge in [0.25, 0.3) is 5.91 Å². The molecule has 3 aromatic rings. The second kappa shape index (κ2) is 6.98. The van der Waals surface area contributed by atoms with Crippen LogP contribution in [-0.4, -0.2) is 28.7 Å². The molecule has 10 heteroatoms. The highest BCUT2D eigenvalue weighted by Gasteiger charge is 2.14. The smallest absolute Gasteiger partial charge is 0.297 e. The van der Waals surface area contributed by atoms with E-state index < -0.39 is 15.9 Å². The molecule has 2 aromatic heterocycles. The van der Waals surface area contributed by atoms with E-state index >= 15 is 0 Å². The Bertz CT molecular complexity index is 1170. The van der Waals surface area contributed by atoms with E-state index in [0.29, 0.717) is 28.3 Å². The summed E-state index contributed by atoms with van der Waals surface area (Å²) in [6, 6.07) is 6.17. The molecule has 0 radical (unpaired) electrons. The van der Waals surface area contributed by atoms with E-state index in [2.05, 4.69) is 16.7 Å². The van der Waals surface area contributed by atoms with Crippen molar-refractivity contribution in [3.63, 3.8) is 0 Å². The summed E-state index contributed by atoms with van der Waals surface area (Å²) >= 11 is 1.21. The first kappa shape index (κ1) is 18.2. The normalized spacial score (nSPS) is 12.6. The number of hydrogen-bond acceptors (Lipinski definition) is 5. The molecule has 0 fully saturated rings. The van der Waals surface area contributed by atoms with Crippen molar-refractivity contribution in [1.29, 1.82) is 0 Å². The number of fused-ring (bicyclic) bond motifs is 1. The average molecular weight is 391 g/mol. The van der Waals surface area contributed by atoms with Crippen molar-refractivity contribution < 1.29 is 13.2 Å². The van der Waals surface area contributed by atoms with Gasteiger partial charge >= 0.3 is 0 Å². The Hall–Kier alpha value is -2.56. The molecule has 0 atom stereocenters. The molecule has 0 saturated heterocycles. The predicted molar refractivity (Wildman–Crippen MR) is 99.2 cm³/mol. The van der Waals surface area contributed by atoms with Gasteiger partial charge in [-0.2, -0.15) is 10.1 Å². The summed E-state index contributed by atoms with van der Waals surface area (Å²) in [6.45, 7) is 6.59. The van der Waals surface area contributed by atoms with Gasteiger partial charge < -0.3 is 4.57 Å². The third-order valence-electron chi connectivity index (χ3n) is 3.73. The topological polar surface area (TPSA) is 112 Å². The molecule has 0 spiro atoms. The second-order valence-corrected chi connectivity index (χ2v) is 7.98. The van der Waals surface area contributed by atoms with Crippen molar-refractivity contribution in [1.82, 2.24) is 14.3 Å². The maximum absolute atomic E-state index is 12.5. The van der Waals surface area contributed by atoms with Crippen LogP contribution in [0.15, 0.2) is 53.0 Å². The molecule has 0 aliphatic carbocycles. The molecule has 0 saturated carbocycles. The highest BCUT2D eigenvalue weighted by Crippen LogP contribution is 2.21. The number of benzene rings is 1. The molecule has 0 aliphatic rings. The molecular formula is C16H17N5O3S2. The number of carbonyl (C=O) groups is 1. The van der Waals surface area contributed by atoms with Crippen molar-refractivity contribution in [2.24, 2.45) is 10.1 Å². The first-order chi connectivity index (χ1) is 12.3. The van der Waals surface area contributed by atoms with Crippen molar-refractivity contribution in [2.75, 3.05) is 0 Å². The number of nitrogens with zero attached hydrogens (tertiary/aromatic N) is 4. The quantitative estimate of drug-likeness (QED) is 0.664. The molecule has 136 valence electrons. The van der Waals surface area contributed by atoms with Gasteiger partial charge in [-0.05, 0) is 31.2 Å². The lowest BCUT2D eigenvalue weighted by Gasteiger charge is -2.02. The Labute approximate surface area is 154 Å². The Kier molecular flexibility index (Phi) is 4.90. The minimum atomic E-state index is -3.81. The summed E-state index contributed by atoms with van der Waals surface area (Å²) in [4.78, 5) is 17.2. The van der Waals surface area contributed by atoms with Gasteiger partial charge in [0.2, 0.25) is 10.0 Å². The minimum Gasteiger partial charge on any atom is -0.312 e. The second-order valence-electron chi connectivity index (χ2n) is 5.41. The number of aromatic nitrogens is 3. The predicted octanol–water partition coefficient (Wildman–Crippen LogP) is 1.49. The number of hydrogen-bond donors (Lipinski definition) is 1. The van der Waals surface area contributed by atoms with Gasteiger partial charge in [0.1, 0.15) is 5.69 Å². The summed E-state index contributed by atoms with van der Waals surface area (Å²) in [5.74, 6) is -0.416. The molecule has 2 N–H and O–H groups in total. The summed E-state index contributed by atoms with van der Waals surface area (Å²) in [5.41, 5.74) is 1.14. The first-order valence-corrected chi connectivity index (χ1v) is 10.1. The van der Waals surface area contributed by atoms with Gasteiger partial charge in [0.05, 0.1) is 15.1 Å². The lowest BCUT2D eigenvalue weighted by molar-refractivity contribution is 0.0987. The summed E-state index contributed by atoms with van der Waals surface area (Å²) in [6.07, 6.45) is 3.23. The van der Waals surface area contributed by atoms with Crippen molar-refractivity contribution in [3.05, 3.63) is 53.6 Å². The Morgan fingerprint density at radius 3 is 2.85 bits per heavy atom. The molecule has 3 rings (SSSR count). The molecule has 0 bridgehead atoms. The number of amides is 1. The summed E-state index contributed by atoms with van der Waals surface area (Å²) < 4.78 is 27.2. The van der Waals surface area contributed by atoms with Gasteiger partial charge in [0, 0.05) is 19.3 Å². The van der Waals surface area contributed by atoms with Gasteiger partial charge in [-0.3, -0.25) is 9.48 Å². The van der Waals surface area contributed by atoms with E-state index in [1.54, 1.807) is 33.7 Å². The molecule has 26 heavy (non-hydrogen) atoms. The summed E-state index contributed by atoms with van der Waals surface area (Å²) in [5, 5.41) is 9.27. The maximum atomic E-state index is 12.5. The zero-order valence-corrected chi connectivity index (χ0v) is 15.6. The third-order valence-corrected chi connectivity index (χ3v) is 5.68. The zero-order valence-electron chi connectivity index (χ0n) is 14.0. The molecule has 0 aliphatic heterocycles. The van der Waals surface area contributed by atoms with Gasteiger partial charge in [0.15, 0.2) is 4.80 Å². The number of rotatable bonds is 5. The van der Waals surface area contributed by atoms with Gasteiger partial charge in [-0.25, -0.2) is 13.6 Å². The number of thiazole rings is 1. The SMILES string of the molecule is C=CCn1c(=NC(=O)c2ccnn2CC)sc2cc(S(N)(=O)=O)ccc21. The largest absolute Gasteiger partial charge is 0.312 e. The zero-order chi connectivity index (χ0) is 18.9. The third kappa shape index (κ3) is 3.39. The van der Waals surface area contributed by atoms with E-state index in [1.807, 2.05) is 6.92 Å². The van der Waals surface area contributed by atoms with Crippen LogP contribution in [-0.2, 0) is 23.1 Å². The number of aryl methyl sites for hydroxylation is 1. The van der Waals surface area contributed by atoms with E-state index in [9.17, 15) is 13.2 Å². The van der Waals surface area contributed by atoms with Crippen molar-refractivity contribution in [3.8, 4) is 0 Å². The Balaban J connectivity index is 2.19. The molecule has 1 amide bonds. The fraction of sp³-hybridized carbons (Fsp3) is 0.188. The van der Waals surface area contributed by atoms with Gasteiger partial charge in [-0.1, -0.05) is 17.4 Å². The highest BCUT2D eigenvalue weighted by molar-refractivity contribution is 7.89. The molecule has 8 nitrogen and oxygen atoms in total. The number of sulfonamides is 1. The lowest BCUT2D eigenvalue weighted by atomic mass is 10.3. The standard InChI is InChI=1S/C16H17N5O3S2/c1-3-9-20-12-6-5-11(26(17,23)24)10-14(12)25-16(20)19-15(22)13-7-8-18-21(13)4-2/h3,5-8,10H,1,4,9H2,2H3,(H2,17,23,24). The first-order valence-electron chi connectivity index (χ1n) is 7.73. The van der Waals surface area contributed by atoms with Crippen LogP contribution >= 0.6 is 11.3 Å². The number of primary sulfonamides is 1. The maximum Gasteiger partial charge on any atom is 0.297 e. The molecule has 2 heterocycles. The molecule has 0 unspecified atom stereocenters. The van der Waals surface area contributed by atoms with E-state index in [1.165, 1.54) is 23.5 Å². The van der Waals surface area contributed by atoms with E-state index in [-0.39, 0.29) is 4.90 Å². The van der Waals surface area contributed by atoms with Crippen LogP contribution in [0.1, 0.15) is 17.4 Å². The Morgan fingerprint density at radius 2 is 2.19 bits per heavy atom. The number of carbonyl (C=O) groups excluding carboxylic acids is 1. The van der Waals surface area contributed by atoms with Crippen LogP contribution in [0.5, 0.6) is 0 Å². The van der Waals surface area contributed by atoms with Crippen LogP contribution in [0.3, 0.4) is 0 Å². The van der Waals surface area contributed by atoms with Crippen LogP contribution in [0, 0.1) is 0 Å². The molecular weight excluding hydrogens is 374 g/mol. The van der Waals surface area contributed by atoms with Crippen molar-refractivity contribution in [2.45, 2.75) is 24.9 Å². The minimum absolute atomic E-state index is 0.0129. The van der Waals surface area contributed by atoms with E-state index in [4.69, 9.17) is 5.14 Å². The number of nitrogens with two attached hydrogens (primary N) is 1. The fourth-order valence-electron chi connectivity index (χ4n) is 2.53. The van der Waals surface area contributed by atoms with Crippen LogP contribution < -0.4 is 9.94 Å². The molecule has 1 aromatic carbocycles. The van der Waals surface area contributed by atoms with Crippen molar-refractivity contribution >= 4 is 37.5 Å². The van der Waals surface area contributed by atoms with E-state index in [0.717, 1.165) is 5.52 Å². The monoisotopic (exact) mass is 391 g/mol. The highest BCUT2D eigenvalue weighted by atomic mass is 32.2.